The van der Waals surface area contributed by atoms with E-state index in [1.165, 1.54) is 12.1 Å². The van der Waals surface area contributed by atoms with Gasteiger partial charge in [0.05, 0.1) is 4.92 Å². The quantitative estimate of drug-likeness (QED) is 0.395. The standard InChI is InChI=1S/C17H17BrFN3O3/c18-13-7-5-12(14(19)11-13)6-8-17(23)21-10-9-20-15-3-1-2-4-16(15)22(24)25/h1-5,7,11,20H,6,8-10H2,(H,21,23). The normalized spacial score (nSPS) is 10.3. The van der Waals surface area contributed by atoms with Crippen molar-refractivity contribution >= 4 is 33.2 Å². The van der Waals surface area contributed by atoms with Crippen LogP contribution in [0.15, 0.2) is 46.9 Å². The zero-order chi connectivity index (χ0) is 18.2. The third-order valence-corrected chi connectivity index (χ3v) is 3.99. The predicted octanol–water partition coefficient (Wildman–Crippen LogP) is 3.66. The Kier molecular flexibility index (Phi) is 6.88. The highest BCUT2D eigenvalue weighted by atomic mass is 79.9. The fourth-order valence-electron chi connectivity index (χ4n) is 2.24. The van der Waals surface area contributed by atoms with Crippen LogP contribution in [0.4, 0.5) is 15.8 Å². The number of amides is 1. The number of rotatable bonds is 8. The van der Waals surface area contributed by atoms with Gasteiger partial charge in [-0.25, -0.2) is 4.39 Å². The van der Waals surface area contributed by atoms with Crippen LogP contribution in [0, 0.1) is 15.9 Å². The van der Waals surface area contributed by atoms with Gasteiger partial charge in [-0.05, 0) is 30.2 Å². The second kappa shape index (κ2) is 9.12. The number of halogens is 2. The molecular weight excluding hydrogens is 393 g/mol. The van der Waals surface area contributed by atoms with E-state index in [9.17, 15) is 19.3 Å². The molecule has 0 radical (unpaired) electrons. The molecule has 8 heteroatoms. The number of carbonyl (C=O) groups is 1. The molecule has 2 rings (SSSR count). The van der Waals surface area contributed by atoms with E-state index in [1.54, 1.807) is 30.3 Å². The minimum atomic E-state index is -0.465. The first-order valence-electron chi connectivity index (χ1n) is 7.65. The zero-order valence-electron chi connectivity index (χ0n) is 13.3. The topological polar surface area (TPSA) is 84.3 Å². The van der Waals surface area contributed by atoms with Gasteiger partial charge in [0, 0.05) is 30.0 Å². The molecule has 0 unspecified atom stereocenters. The monoisotopic (exact) mass is 409 g/mol. The van der Waals surface area contributed by atoms with Gasteiger partial charge in [-0.2, -0.15) is 0 Å². The molecule has 0 saturated heterocycles. The molecule has 0 fully saturated rings. The van der Waals surface area contributed by atoms with Crippen molar-refractivity contribution in [3.8, 4) is 0 Å². The maximum absolute atomic E-state index is 13.7. The van der Waals surface area contributed by atoms with Crippen LogP contribution < -0.4 is 10.6 Å². The summed E-state index contributed by atoms with van der Waals surface area (Å²) < 4.78 is 14.3. The predicted molar refractivity (Wildman–Crippen MR) is 97.0 cm³/mol. The van der Waals surface area contributed by atoms with Crippen molar-refractivity contribution < 1.29 is 14.1 Å². The molecule has 0 saturated carbocycles. The Bertz CT molecular complexity index is 771. The molecule has 0 aromatic heterocycles. The fraction of sp³-hybridized carbons (Fsp3) is 0.235. The molecule has 0 aliphatic rings. The van der Waals surface area contributed by atoms with E-state index >= 15 is 0 Å². The first-order valence-corrected chi connectivity index (χ1v) is 8.44. The first-order chi connectivity index (χ1) is 12.0. The van der Waals surface area contributed by atoms with E-state index in [0.717, 1.165) is 0 Å². The van der Waals surface area contributed by atoms with Crippen LogP contribution in [-0.4, -0.2) is 23.9 Å². The van der Waals surface area contributed by atoms with Gasteiger partial charge in [-0.1, -0.05) is 34.1 Å². The molecule has 0 atom stereocenters. The summed E-state index contributed by atoms with van der Waals surface area (Å²) in [4.78, 5) is 22.2. The van der Waals surface area contributed by atoms with Crippen molar-refractivity contribution in [1.29, 1.82) is 0 Å². The highest BCUT2D eigenvalue weighted by Crippen LogP contribution is 2.22. The summed E-state index contributed by atoms with van der Waals surface area (Å²) in [6.07, 6.45) is 0.479. The summed E-state index contributed by atoms with van der Waals surface area (Å²) in [5.41, 5.74) is 0.870. The molecule has 0 aliphatic heterocycles. The number of benzene rings is 2. The number of nitrogens with one attached hydrogen (secondary N) is 2. The number of nitrogens with zero attached hydrogens (tertiary/aromatic N) is 1. The molecule has 132 valence electrons. The summed E-state index contributed by atoms with van der Waals surface area (Å²) in [7, 11) is 0. The average Bonchev–Trinajstić information content (AvgIpc) is 2.58. The smallest absolute Gasteiger partial charge is 0.292 e. The number of carbonyl (C=O) groups excluding carboxylic acids is 1. The molecular formula is C17H17BrFN3O3. The van der Waals surface area contributed by atoms with Crippen molar-refractivity contribution in [1.82, 2.24) is 5.32 Å². The second-order valence-electron chi connectivity index (χ2n) is 5.29. The van der Waals surface area contributed by atoms with Crippen LogP contribution in [-0.2, 0) is 11.2 Å². The molecule has 0 bridgehead atoms. The van der Waals surface area contributed by atoms with Crippen molar-refractivity contribution in [2.75, 3.05) is 18.4 Å². The SMILES string of the molecule is O=C(CCc1ccc(Br)cc1F)NCCNc1ccccc1[N+](=O)[O-]. The van der Waals surface area contributed by atoms with Gasteiger partial charge in [-0.15, -0.1) is 0 Å². The number of anilines is 1. The lowest BCUT2D eigenvalue weighted by molar-refractivity contribution is -0.384. The lowest BCUT2D eigenvalue weighted by Crippen LogP contribution is -2.29. The third-order valence-electron chi connectivity index (χ3n) is 3.50. The molecule has 6 nitrogen and oxygen atoms in total. The number of hydrogen-bond acceptors (Lipinski definition) is 4. The minimum absolute atomic E-state index is 0.0143. The lowest BCUT2D eigenvalue weighted by Gasteiger charge is -2.09. The van der Waals surface area contributed by atoms with Gasteiger partial charge in [0.1, 0.15) is 11.5 Å². The molecule has 0 aliphatic carbocycles. The Balaban J connectivity index is 1.73. The van der Waals surface area contributed by atoms with E-state index in [0.29, 0.717) is 35.2 Å². The first kappa shape index (κ1) is 18.9. The number of nitro groups is 1. The van der Waals surface area contributed by atoms with Crippen LogP contribution in [0.1, 0.15) is 12.0 Å². The maximum Gasteiger partial charge on any atom is 0.292 e. The highest BCUT2D eigenvalue weighted by molar-refractivity contribution is 9.10. The third kappa shape index (κ3) is 5.82. The number of para-hydroxylation sites is 2. The number of aryl methyl sites for hydroxylation is 1. The largest absolute Gasteiger partial charge is 0.378 e. The number of nitro benzene ring substituents is 1. The van der Waals surface area contributed by atoms with Gasteiger partial charge in [0.15, 0.2) is 0 Å². The van der Waals surface area contributed by atoms with E-state index < -0.39 is 4.92 Å². The van der Waals surface area contributed by atoms with Crippen LogP contribution in [0.5, 0.6) is 0 Å². The Morgan fingerprint density at radius 2 is 1.96 bits per heavy atom. The summed E-state index contributed by atoms with van der Waals surface area (Å²) in [5, 5.41) is 16.5. The van der Waals surface area contributed by atoms with Gasteiger partial charge < -0.3 is 10.6 Å². The molecule has 2 aromatic carbocycles. The van der Waals surface area contributed by atoms with Gasteiger partial charge in [0.2, 0.25) is 5.91 Å². The Labute approximate surface area is 152 Å². The summed E-state index contributed by atoms with van der Waals surface area (Å²) >= 11 is 3.18. The molecule has 25 heavy (non-hydrogen) atoms. The van der Waals surface area contributed by atoms with Gasteiger partial charge in [-0.3, -0.25) is 14.9 Å². The van der Waals surface area contributed by atoms with E-state index in [1.807, 2.05) is 0 Å². The fourth-order valence-corrected chi connectivity index (χ4v) is 2.58. The molecule has 1 amide bonds. The highest BCUT2D eigenvalue weighted by Gasteiger charge is 2.11. The Morgan fingerprint density at radius 1 is 1.20 bits per heavy atom. The summed E-state index contributed by atoms with van der Waals surface area (Å²) in [6, 6.07) is 11.0. The van der Waals surface area contributed by atoms with Crippen molar-refractivity contribution in [2.45, 2.75) is 12.8 Å². The summed E-state index contributed by atoms with van der Waals surface area (Å²) in [5.74, 6) is -0.549. The average molecular weight is 410 g/mol. The molecule has 0 spiro atoms. The molecule has 0 heterocycles. The molecule has 2 aromatic rings. The van der Waals surface area contributed by atoms with Crippen molar-refractivity contribution in [2.24, 2.45) is 0 Å². The van der Waals surface area contributed by atoms with E-state index in [4.69, 9.17) is 0 Å². The lowest BCUT2D eigenvalue weighted by atomic mass is 10.1. The van der Waals surface area contributed by atoms with Crippen LogP contribution in [0.25, 0.3) is 0 Å². The second-order valence-corrected chi connectivity index (χ2v) is 6.20. The van der Waals surface area contributed by atoms with Crippen LogP contribution in [0.2, 0.25) is 0 Å². The minimum Gasteiger partial charge on any atom is -0.378 e. The van der Waals surface area contributed by atoms with Crippen LogP contribution in [0.3, 0.4) is 0 Å². The van der Waals surface area contributed by atoms with Gasteiger partial charge in [0.25, 0.3) is 5.69 Å². The zero-order valence-corrected chi connectivity index (χ0v) is 14.9. The Morgan fingerprint density at radius 3 is 2.68 bits per heavy atom. The van der Waals surface area contributed by atoms with E-state index in [2.05, 4.69) is 26.6 Å². The summed E-state index contributed by atoms with van der Waals surface area (Å²) in [6.45, 7) is 0.664. The Hall–Kier alpha value is -2.48. The van der Waals surface area contributed by atoms with Gasteiger partial charge >= 0.3 is 0 Å². The molecule has 2 N–H and O–H groups in total. The van der Waals surface area contributed by atoms with Crippen molar-refractivity contribution in [3.63, 3.8) is 0 Å². The van der Waals surface area contributed by atoms with Crippen molar-refractivity contribution in [3.05, 3.63) is 68.4 Å². The van der Waals surface area contributed by atoms with Crippen LogP contribution >= 0.6 is 15.9 Å². The van der Waals surface area contributed by atoms with E-state index in [-0.39, 0.29) is 23.8 Å². The maximum atomic E-state index is 13.7. The number of hydrogen-bond donors (Lipinski definition) is 2.